The van der Waals surface area contributed by atoms with E-state index in [0.717, 1.165) is 36.2 Å². The summed E-state index contributed by atoms with van der Waals surface area (Å²) in [6.45, 7) is 11.1. The molecule has 0 fully saturated rings. The summed E-state index contributed by atoms with van der Waals surface area (Å²) in [4.78, 5) is 13.9. The zero-order valence-corrected chi connectivity index (χ0v) is 19.7. The van der Waals surface area contributed by atoms with E-state index in [0.29, 0.717) is 6.42 Å². The Kier molecular flexibility index (Phi) is 9.80. The van der Waals surface area contributed by atoms with Crippen LogP contribution in [0, 0.1) is 19.7 Å². The van der Waals surface area contributed by atoms with E-state index in [1.165, 1.54) is 39.7 Å². The van der Waals surface area contributed by atoms with Crippen molar-refractivity contribution in [3.8, 4) is 0 Å². The van der Waals surface area contributed by atoms with E-state index in [1.54, 1.807) is 0 Å². The fourth-order valence-electron chi connectivity index (χ4n) is 3.42. The van der Waals surface area contributed by atoms with Gasteiger partial charge in [-0.1, -0.05) is 55.0 Å². The number of benzene rings is 2. The van der Waals surface area contributed by atoms with Crippen molar-refractivity contribution in [3.63, 3.8) is 0 Å². The van der Waals surface area contributed by atoms with E-state index >= 15 is 0 Å². The van der Waals surface area contributed by atoms with Gasteiger partial charge in [-0.25, -0.2) is 4.39 Å². The molecule has 0 aliphatic carbocycles. The molecule has 0 amide bonds. The normalized spacial score (nSPS) is 12.3. The van der Waals surface area contributed by atoms with Gasteiger partial charge in [0.25, 0.3) is 0 Å². The molecular weight excluding hydrogens is 399 g/mol. The van der Waals surface area contributed by atoms with Crippen molar-refractivity contribution < 1.29 is 10.6 Å². The van der Waals surface area contributed by atoms with E-state index in [4.69, 9.17) is 4.98 Å². The van der Waals surface area contributed by atoms with Gasteiger partial charge in [-0.15, -0.1) is 0 Å². The van der Waals surface area contributed by atoms with E-state index in [-0.39, 0.29) is 7.24 Å². The minimum Gasteiger partial charge on any atom is -0.385 e. The van der Waals surface area contributed by atoms with Gasteiger partial charge in [-0.3, -0.25) is 4.98 Å². The highest BCUT2D eigenvalue weighted by molar-refractivity contribution is 5.87. The van der Waals surface area contributed by atoms with Crippen LogP contribution in [0.2, 0.25) is 0 Å². The zero-order chi connectivity index (χ0) is 23.5. The number of rotatable bonds is 3. The number of hydrogen-bond donors (Lipinski definition) is 1. The number of fused-ring (bicyclic) bond motifs is 1. The molecule has 1 aliphatic rings. The molecule has 0 radical (unpaired) electrons. The maximum atomic E-state index is 13.0. The Balaban J connectivity index is 0.000000349. The van der Waals surface area contributed by atoms with Crippen molar-refractivity contribution in [2.24, 2.45) is 0 Å². The third-order valence-corrected chi connectivity index (χ3v) is 5.16. The smallest absolute Gasteiger partial charge is 0.123 e. The molecule has 0 bridgehead atoms. The highest BCUT2D eigenvalue weighted by atomic mass is 19.1. The van der Waals surface area contributed by atoms with Crippen molar-refractivity contribution in [2.75, 3.05) is 6.54 Å². The minimum absolute atomic E-state index is 0. The van der Waals surface area contributed by atoms with Crippen molar-refractivity contribution >= 4 is 17.1 Å². The first kappa shape index (κ1) is 25.0. The summed E-state index contributed by atoms with van der Waals surface area (Å²) in [5, 5.41) is 5.65. The molecule has 4 heteroatoms. The Morgan fingerprint density at radius 3 is 2.19 bits per heavy atom. The second-order valence-corrected chi connectivity index (χ2v) is 7.85. The maximum absolute atomic E-state index is 13.0. The van der Waals surface area contributed by atoms with Crippen LogP contribution >= 0.6 is 0 Å². The zero-order valence-electron chi connectivity index (χ0n) is 19.7. The molecule has 0 spiro atoms. The standard InChI is InChI=1S/C18H16FN.C7H11N.C3H6O.H2/c1-12-16-5-3-4-6-17(16)13(2)20-18(12)11-14-7-9-15(19)10-8-14;1-6-3-4-8-7(2)5-6;1-2-3-4;/h3-10H,11H2,1-2H3;3,5,8H,4H2,1-2H3;3H,2H2,1H3;1H. The number of aryl methyl sites for hydroxylation is 2. The lowest BCUT2D eigenvalue weighted by atomic mass is 9.99. The maximum Gasteiger partial charge on any atom is 0.123 e. The number of nitrogens with one attached hydrogen (secondary N) is 1. The van der Waals surface area contributed by atoms with Gasteiger partial charge in [0.2, 0.25) is 0 Å². The third-order valence-electron chi connectivity index (χ3n) is 5.16. The van der Waals surface area contributed by atoms with Crippen molar-refractivity contribution in [1.82, 2.24) is 10.3 Å². The molecule has 0 saturated carbocycles. The largest absolute Gasteiger partial charge is 0.385 e. The fraction of sp³-hybridized carbons (Fsp3) is 0.286. The van der Waals surface area contributed by atoms with Crippen LogP contribution in [0.25, 0.3) is 10.8 Å². The number of carbonyl (C=O) groups is 1. The predicted octanol–water partition coefficient (Wildman–Crippen LogP) is 6.86. The molecular formula is C28H35FN2O. The number of pyridine rings is 1. The van der Waals surface area contributed by atoms with Gasteiger partial charge in [0, 0.05) is 43.3 Å². The summed E-state index contributed by atoms with van der Waals surface area (Å²) < 4.78 is 13.0. The van der Waals surface area contributed by atoms with Crippen LogP contribution < -0.4 is 5.32 Å². The van der Waals surface area contributed by atoms with E-state index in [9.17, 15) is 9.18 Å². The first-order chi connectivity index (χ1) is 15.3. The summed E-state index contributed by atoms with van der Waals surface area (Å²) in [7, 11) is 0. The minimum atomic E-state index is -0.201. The van der Waals surface area contributed by atoms with E-state index in [1.807, 2.05) is 32.0 Å². The van der Waals surface area contributed by atoms with Gasteiger partial charge in [0.05, 0.1) is 0 Å². The second kappa shape index (κ2) is 12.6. The van der Waals surface area contributed by atoms with Gasteiger partial charge >= 0.3 is 0 Å². The van der Waals surface area contributed by atoms with Crippen LogP contribution in [0.3, 0.4) is 0 Å². The predicted molar refractivity (Wildman–Crippen MR) is 134 cm³/mol. The molecule has 2 aromatic carbocycles. The summed E-state index contributed by atoms with van der Waals surface area (Å²) in [6.07, 6.45) is 6.56. The lowest BCUT2D eigenvalue weighted by Crippen LogP contribution is -2.13. The van der Waals surface area contributed by atoms with Crippen LogP contribution in [0.5, 0.6) is 0 Å². The number of hydrogen-bond acceptors (Lipinski definition) is 3. The first-order valence-electron chi connectivity index (χ1n) is 11.0. The van der Waals surface area contributed by atoms with Crippen molar-refractivity contribution in [3.05, 3.63) is 100 Å². The number of carbonyl (C=O) groups excluding carboxylic acids is 1. The Hall–Kier alpha value is -3.27. The first-order valence-corrected chi connectivity index (χ1v) is 11.0. The van der Waals surface area contributed by atoms with E-state index in [2.05, 4.69) is 56.4 Å². The second-order valence-electron chi connectivity index (χ2n) is 7.85. The molecule has 4 rings (SSSR count). The fourth-order valence-corrected chi connectivity index (χ4v) is 3.42. The van der Waals surface area contributed by atoms with Gasteiger partial charge in [-0.05, 0) is 62.4 Å². The average molecular weight is 435 g/mol. The third kappa shape index (κ3) is 7.45. The Bertz CT molecular complexity index is 1100. The number of halogens is 1. The summed E-state index contributed by atoms with van der Waals surface area (Å²) in [5.74, 6) is -0.201. The van der Waals surface area contributed by atoms with Crippen molar-refractivity contribution in [1.29, 1.82) is 0 Å². The highest BCUT2D eigenvalue weighted by Gasteiger charge is 2.09. The summed E-state index contributed by atoms with van der Waals surface area (Å²) in [5.41, 5.74) is 7.02. The molecule has 1 aliphatic heterocycles. The molecule has 1 N–H and O–H groups in total. The molecule has 0 atom stereocenters. The Morgan fingerprint density at radius 1 is 1.03 bits per heavy atom. The van der Waals surface area contributed by atoms with Gasteiger partial charge in [0.1, 0.15) is 12.1 Å². The van der Waals surface area contributed by atoms with Gasteiger partial charge in [-0.2, -0.15) is 0 Å². The Labute approximate surface area is 192 Å². The highest BCUT2D eigenvalue weighted by Crippen LogP contribution is 2.24. The molecule has 3 aromatic rings. The summed E-state index contributed by atoms with van der Waals surface area (Å²) >= 11 is 0. The lowest BCUT2D eigenvalue weighted by Gasteiger charge is -2.11. The van der Waals surface area contributed by atoms with Crippen molar-refractivity contribution in [2.45, 2.75) is 47.5 Å². The van der Waals surface area contributed by atoms with Gasteiger partial charge in [0.15, 0.2) is 0 Å². The Morgan fingerprint density at radius 2 is 1.66 bits per heavy atom. The van der Waals surface area contributed by atoms with E-state index < -0.39 is 0 Å². The van der Waals surface area contributed by atoms with Crippen LogP contribution in [0.4, 0.5) is 4.39 Å². The number of nitrogens with zero attached hydrogens (tertiary/aromatic N) is 1. The quantitative estimate of drug-likeness (QED) is 0.458. The molecule has 0 unspecified atom stereocenters. The lowest BCUT2D eigenvalue weighted by molar-refractivity contribution is -0.107. The number of allylic oxidation sites excluding steroid dienone is 3. The molecule has 1 aromatic heterocycles. The summed E-state index contributed by atoms with van der Waals surface area (Å²) in [6, 6.07) is 15.0. The van der Waals surface area contributed by atoms with Crippen LogP contribution in [0.1, 0.15) is 51.1 Å². The van der Waals surface area contributed by atoms with Crippen LogP contribution in [0.15, 0.2) is 72.0 Å². The van der Waals surface area contributed by atoms with Crippen LogP contribution in [-0.4, -0.2) is 17.8 Å². The number of aromatic nitrogens is 1. The van der Waals surface area contributed by atoms with Gasteiger partial charge < -0.3 is 10.1 Å². The average Bonchev–Trinajstić information content (AvgIpc) is 2.79. The number of dihydropyridines is 1. The SMILES string of the molecule is CC1=CCNC(C)=C1.CCC=O.Cc1nc(Cc2ccc(F)cc2)c(C)c2ccccc12.[HH]. The molecule has 32 heavy (non-hydrogen) atoms. The molecule has 0 saturated heterocycles. The topological polar surface area (TPSA) is 42.0 Å². The molecule has 3 nitrogen and oxygen atoms in total. The number of aldehydes is 1. The molecule has 170 valence electrons. The van der Waals surface area contributed by atoms with Crippen LogP contribution in [-0.2, 0) is 11.2 Å². The monoisotopic (exact) mass is 434 g/mol. The molecule has 2 heterocycles.